The van der Waals surface area contributed by atoms with Gasteiger partial charge in [-0.05, 0) is 24.3 Å². The van der Waals surface area contributed by atoms with Crippen LogP contribution >= 0.6 is 0 Å². The highest BCUT2D eigenvalue weighted by molar-refractivity contribution is 5.98. The summed E-state index contributed by atoms with van der Waals surface area (Å²) in [5.74, 6) is -2.67. The fourth-order valence-electron chi connectivity index (χ4n) is 3.50. The first-order valence-corrected chi connectivity index (χ1v) is 9.08. The summed E-state index contributed by atoms with van der Waals surface area (Å²) in [7, 11) is 0. The molecule has 2 amide bonds. The predicted octanol–water partition coefficient (Wildman–Crippen LogP) is 1.48. The molecule has 0 N–H and O–H groups in total. The van der Waals surface area contributed by atoms with Gasteiger partial charge in [0.05, 0.1) is 32.5 Å². The molecule has 30 heavy (non-hydrogen) atoms. The van der Waals surface area contributed by atoms with Crippen molar-refractivity contribution in [3.05, 3.63) is 54.4 Å². The lowest BCUT2D eigenvalue weighted by molar-refractivity contribution is -0.293. The molecule has 3 heterocycles. The third-order valence-corrected chi connectivity index (χ3v) is 4.84. The van der Waals surface area contributed by atoms with Gasteiger partial charge in [0.15, 0.2) is 0 Å². The number of morpholine rings is 1. The van der Waals surface area contributed by atoms with Gasteiger partial charge in [0.2, 0.25) is 0 Å². The van der Waals surface area contributed by atoms with Gasteiger partial charge in [-0.3, -0.25) is 19.3 Å². The van der Waals surface area contributed by atoms with Gasteiger partial charge in [-0.25, -0.2) is 9.37 Å². The van der Waals surface area contributed by atoms with Crippen molar-refractivity contribution >= 4 is 17.5 Å². The Balaban J connectivity index is 1.65. The van der Waals surface area contributed by atoms with E-state index in [0.29, 0.717) is 0 Å². The van der Waals surface area contributed by atoms with Crippen molar-refractivity contribution in [3.63, 3.8) is 0 Å². The van der Waals surface area contributed by atoms with E-state index in [2.05, 4.69) is 9.97 Å². The van der Waals surface area contributed by atoms with E-state index < -0.39 is 29.3 Å². The van der Waals surface area contributed by atoms with Gasteiger partial charge in [-0.2, -0.15) is 8.78 Å². The summed E-state index contributed by atoms with van der Waals surface area (Å²) in [6.45, 7) is -0.623. The third-order valence-electron chi connectivity index (χ3n) is 4.84. The molecule has 1 aromatic carbocycles. The fraction of sp³-hybridized carbons (Fsp3) is 0.368. The minimum absolute atomic E-state index is 0.0450. The molecule has 2 aliphatic rings. The van der Waals surface area contributed by atoms with Gasteiger partial charge < -0.3 is 14.5 Å². The SMILES string of the molecule is O=C(c1cnccn1)N1CCOCC2(C1)CN(c1ccc(F)cc1)C(=O)C(F)(F)O2. The monoisotopic (exact) mass is 422 g/mol. The molecule has 4 rings (SSSR count). The number of carbonyl (C=O) groups excluding carboxylic acids is 2. The summed E-state index contributed by atoms with van der Waals surface area (Å²) in [5, 5.41) is 0. The minimum atomic E-state index is -4.15. The Bertz CT molecular complexity index is 945. The molecule has 0 bridgehead atoms. The van der Waals surface area contributed by atoms with Crippen molar-refractivity contribution < 1.29 is 32.2 Å². The predicted molar refractivity (Wildman–Crippen MR) is 96.3 cm³/mol. The van der Waals surface area contributed by atoms with E-state index in [1.54, 1.807) is 0 Å². The minimum Gasteiger partial charge on any atom is -0.376 e. The first-order valence-electron chi connectivity index (χ1n) is 9.08. The maximum Gasteiger partial charge on any atom is 0.437 e. The van der Waals surface area contributed by atoms with E-state index in [4.69, 9.17) is 9.47 Å². The van der Waals surface area contributed by atoms with E-state index in [9.17, 15) is 22.8 Å². The number of carbonyl (C=O) groups is 2. The molecule has 8 nitrogen and oxygen atoms in total. The van der Waals surface area contributed by atoms with Crippen molar-refractivity contribution in [2.24, 2.45) is 0 Å². The molecule has 2 fully saturated rings. The summed E-state index contributed by atoms with van der Waals surface area (Å²) in [6, 6.07) is 4.58. The lowest BCUT2D eigenvalue weighted by Crippen LogP contribution is -2.66. The molecule has 2 aliphatic heterocycles. The van der Waals surface area contributed by atoms with E-state index in [1.165, 1.54) is 35.6 Å². The lowest BCUT2D eigenvalue weighted by Gasteiger charge is -2.45. The Morgan fingerprint density at radius 1 is 1.13 bits per heavy atom. The molecule has 1 aromatic heterocycles. The number of amides is 2. The Morgan fingerprint density at radius 2 is 1.90 bits per heavy atom. The standard InChI is InChI=1S/C19H17F3N4O4/c20-13-1-3-14(4-2-13)26-11-18(30-19(21,22)17(26)28)10-25(7-8-29-12-18)16(27)15-9-23-5-6-24-15/h1-6,9H,7-8,10-12H2. The first-order chi connectivity index (χ1) is 14.3. The van der Waals surface area contributed by atoms with Gasteiger partial charge in [-0.15, -0.1) is 0 Å². The highest BCUT2D eigenvalue weighted by Gasteiger charge is 2.58. The average molecular weight is 422 g/mol. The fourth-order valence-corrected chi connectivity index (χ4v) is 3.50. The number of alkyl halides is 2. The number of nitrogens with zero attached hydrogens (tertiary/aromatic N) is 4. The number of hydrogen-bond acceptors (Lipinski definition) is 6. The molecule has 2 saturated heterocycles. The lowest BCUT2D eigenvalue weighted by atomic mass is 10.00. The molecule has 158 valence electrons. The normalized spacial score (nSPS) is 24.0. The number of hydrogen-bond donors (Lipinski definition) is 0. The van der Waals surface area contributed by atoms with Crippen LogP contribution < -0.4 is 4.90 Å². The molecule has 0 aliphatic carbocycles. The van der Waals surface area contributed by atoms with Crippen LogP contribution in [0.15, 0.2) is 42.9 Å². The molecule has 11 heteroatoms. The summed E-state index contributed by atoms with van der Waals surface area (Å²) >= 11 is 0. The number of ether oxygens (including phenoxy) is 2. The Labute approximate surface area is 169 Å². The Morgan fingerprint density at radius 3 is 2.60 bits per heavy atom. The molecule has 2 aromatic rings. The molecule has 1 atom stereocenters. The van der Waals surface area contributed by atoms with Crippen LogP contribution in [0.3, 0.4) is 0 Å². The molecule has 1 unspecified atom stereocenters. The summed E-state index contributed by atoms with van der Waals surface area (Å²) in [6.07, 6.45) is -0.134. The highest BCUT2D eigenvalue weighted by Crippen LogP contribution is 2.37. The first kappa shape index (κ1) is 20.2. The van der Waals surface area contributed by atoms with Gasteiger partial charge in [-0.1, -0.05) is 0 Å². The van der Waals surface area contributed by atoms with Crippen LogP contribution in [-0.4, -0.2) is 71.2 Å². The van der Waals surface area contributed by atoms with E-state index in [-0.39, 0.29) is 44.2 Å². The largest absolute Gasteiger partial charge is 0.437 e. The second-order valence-corrected chi connectivity index (χ2v) is 7.04. The van der Waals surface area contributed by atoms with Crippen molar-refractivity contribution in [2.45, 2.75) is 11.7 Å². The van der Waals surface area contributed by atoms with Gasteiger partial charge >= 0.3 is 12.0 Å². The van der Waals surface area contributed by atoms with Gasteiger partial charge in [0, 0.05) is 24.6 Å². The molecular formula is C19H17F3N4O4. The van der Waals surface area contributed by atoms with Crippen molar-refractivity contribution in [2.75, 3.05) is 37.7 Å². The van der Waals surface area contributed by atoms with Crippen molar-refractivity contribution in [3.8, 4) is 0 Å². The second-order valence-electron chi connectivity index (χ2n) is 7.04. The molecular weight excluding hydrogens is 405 g/mol. The maximum atomic E-state index is 14.6. The summed E-state index contributed by atoms with van der Waals surface area (Å²) < 4.78 is 52.8. The molecule has 0 saturated carbocycles. The topological polar surface area (TPSA) is 84.9 Å². The van der Waals surface area contributed by atoms with Crippen molar-refractivity contribution in [1.29, 1.82) is 0 Å². The van der Waals surface area contributed by atoms with E-state index in [1.807, 2.05) is 0 Å². The Hall–Kier alpha value is -3.05. The van der Waals surface area contributed by atoms with Crippen molar-refractivity contribution in [1.82, 2.24) is 14.9 Å². The van der Waals surface area contributed by atoms with Gasteiger partial charge in [0.25, 0.3) is 5.91 Å². The highest BCUT2D eigenvalue weighted by atomic mass is 19.3. The zero-order chi connectivity index (χ0) is 21.4. The number of benzene rings is 1. The third kappa shape index (κ3) is 3.85. The maximum absolute atomic E-state index is 14.6. The van der Waals surface area contributed by atoms with Crippen LogP contribution in [0.5, 0.6) is 0 Å². The van der Waals surface area contributed by atoms with Crippen LogP contribution in [0, 0.1) is 5.82 Å². The molecule has 1 spiro atoms. The summed E-state index contributed by atoms with van der Waals surface area (Å²) in [5.41, 5.74) is -1.57. The summed E-state index contributed by atoms with van der Waals surface area (Å²) in [4.78, 5) is 35.0. The number of anilines is 1. The smallest absolute Gasteiger partial charge is 0.376 e. The zero-order valence-corrected chi connectivity index (χ0v) is 15.6. The zero-order valence-electron chi connectivity index (χ0n) is 15.6. The number of rotatable bonds is 2. The van der Waals surface area contributed by atoms with E-state index >= 15 is 0 Å². The quantitative estimate of drug-likeness (QED) is 0.729. The average Bonchev–Trinajstić information content (AvgIpc) is 2.94. The van der Waals surface area contributed by atoms with Crippen LogP contribution in [0.4, 0.5) is 18.9 Å². The van der Waals surface area contributed by atoms with Crippen LogP contribution in [-0.2, 0) is 14.3 Å². The Kier molecular flexibility index (Phi) is 5.16. The van der Waals surface area contributed by atoms with Crippen LogP contribution in [0.1, 0.15) is 10.5 Å². The number of halogens is 3. The van der Waals surface area contributed by atoms with Gasteiger partial charge in [0.1, 0.15) is 17.1 Å². The van der Waals surface area contributed by atoms with E-state index in [0.717, 1.165) is 17.0 Å². The molecule has 0 radical (unpaired) electrons. The second kappa shape index (κ2) is 7.65. The van der Waals surface area contributed by atoms with Crippen LogP contribution in [0.2, 0.25) is 0 Å². The van der Waals surface area contributed by atoms with Crippen LogP contribution in [0.25, 0.3) is 0 Å². The number of aromatic nitrogens is 2.